The van der Waals surface area contributed by atoms with Gasteiger partial charge < -0.3 is 10.5 Å². The molecule has 1 aromatic carbocycles. The largest absolute Gasteiger partial charge is 0.378 e. The minimum absolute atomic E-state index is 0.362. The topological polar surface area (TPSA) is 66.0 Å². The Hall–Kier alpha value is -1.72. The van der Waals surface area contributed by atoms with Gasteiger partial charge in [0.25, 0.3) is 0 Å². The molecular formula is C16H22N4O. The molecule has 2 aromatic rings. The highest BCUT2D eigenvalue weighted by Gasteiger charge is 2.17. The fourth-order valence-electron chi connectivity index (χ4n) is 2.85. The number of nitrogens with two attached hydrogens (primary N) is 1. The molecule has 1 saturated heterocycles. The lowest BCUT2D eigenvalue weighted by atomic mass is 10.0. The molecule has 1 atom stereocenters. The molecule has 3 rings (SSSR count). The Balaban J connectivity index is 1.77. The lowest BCUT2D eigenvalue weighted by molar-refractivity contribution is 0.0111. The normalized spacial score (nSPS) is 18.8. The van der Waals surface area contributed by atoms with Gasteiger partial charge in [-0.15, -0.1) is 10.2 Å². The summed E-state index contributed by atoms with van der Waals surface area (Å²) in [6.07, 6.45) is 5.84. The van der Waals surface area contributed by atoms with Crippen LogP contribution in [-0.4, -0.2) is 27.5 Å². The van der Waals surface area contributed by atoms with Crippen LogP contribution < -0.4 is 5.73 Å². The number of aryl methyl sites for hydroxylation is 1. The van der Waals surface area contributed by atoms with Crippen LogP contribution in [-0.2, 0) is 17.7 Å². The van der Waals surface area contributed by atoms with Gasteiger partial charge in [0.1, 0.15) is 5.82 Å². The van der Waals surface area contributed by atoms with E-state index in [0.717, 1.165) is 43.2 Å². The third kappa shape index (κ3) is 3.31. The summed E-state index contributed by atoms with van der Waals surface area (Å²) in [7, 11) is 0. The summed E-state index contributed by atoms with van der Waals surface area (Å²) in [5, 5.41) is 8.55. The smallest absolute Gasteiger partial charge is 0.151 e. The second-order valence-corrected chi connectivity index (χ2v) is 5.43. The van der Waals surface area contributed by atoms with Crippen LogP contribution in [0.4, 0.5) is 0 Å². The fourth-order valence-corrected chi connectivity index (χ4v) is 2.85. The van der Waals surface area contributed by atoms with Crippen molar-refractivity contribution < 1.29 is 4.74 Å². The zero-order valence-corrected chi connectivity index (χ0v) is 12.2. The number of rotatable bonds is 5. The summed E-state index contributed by atoms with van der Waals surface area (Å²) in [6, 6.07) is 10.2. The Bertz CT molecular complexity index is 561. The highest BCUT2D eigenvalue weighted by molar-refractivity contribution is 5.34. The van der Waals surface area contributed by atoms with Gasteiger partial charge in [0, 0.05) is 18.7 Å². The quantitative estimate of drug-likeness (QED) is 0.915. The van der Waals surface area contributed by atoms with Crippen molar-refractivity contribution in [3.63, 3.8) is 0 Å². The van der Waals surface area contributed by atoms with E-state index >= 15 is 0 Å². The maximum atomic E-state index is 5.80. The number of hydrogen-bond donors (Lipinski definition) is 1. The van der Waals surface area contributed by atoms with E-state index in [1.807, 2.05) is 18.2 Å². The van der Waals surface area contributed by atoms with E-state index in [-0.39, 0.29) is 0 Å². The number of ether oxygens (including phenoxy) is 1. The van der Waals surface area contributed by atoms with E-state index in [1.54, 1.807) is 0 Å². The fraction of sp³-hybridized carbons (Fsp3) is 0.500. The van der Waals surface area contributed by atoms with Crippen molar-refractivity contribution in [2.24, 2.45) is 5.73 Å². The zero-order valence-electron chi connectivity index (χ0n) is 12.2. The summed E-state index contributed by atoms with van der Waals surface area (Å²) in [6.45, 7) is 1.28. The van der Waals surface area contributed by atoms with Crippen LogP contribution in [0.5, 0.6) is 0 Å². The van der Waals surface area contributed by atoms with Crippen LogP contribution in [0.25, 0.3) is 5.69 Å². The summed E-state index contributed by atoms with van der Waals surface area (Å²) in [5.74, 6) is 1.77. The molecule has 0 saturated carbocycles. The van der Waals surface area contributed by atoms with Gasteiger partial charge in [0.2, 0.25) is 0 Å². The van der Waals surface area contributed by atoms with Gasteiger partial charge in [-0.3, -0.25) is 4.57 Å². The zero-order chi connectivity index (χ0) is 14.5. The van der Waals surface area contributed by atoms with Crippen LogP contribution >= 0.6 is 0 Å². The number of hydrogen-bond acceptors (Lipinski definition) is 4. The monoisotopic (exact) mass is 286 g/mol. The van der Waals surface area contributed by atoms with Crippen LogP contribution in [0.15, 0.2) is 30.3 Å². The molecule has 112 valence electrons. The van der Waals surface area contributed by atoms with Crippen molar-refractivity contribution in [2.45, 2.75) is 44.8 Å². The Kier molecular flexibility index (Phi) is 4.62. The lowest BCUT2D eigenvalue weighted by Gasteiger charge is -2.22. The third-order valence-corrected chi connectivity index (χ3v) is 3.96. The Morgan fingerprint density at radius 3 is 2.67 bits per heavy atom. The molecule has 0 spiro atoms. The summed E-state index contributed by atoms with van der Waals surface area (Å²) in [4.78, 5) is 0. The first-order chi connectivity index (χ1) is 10.4. The molecular weight excluding hydrogens is 264 g/mol. The molecule has 5 heteroatoms. The molecule has 2 heterocycles. The molecule has 0 radical (unpaired) electrons. The second kappa shape index (κ2) is 6.83. The van der Waals surface area contributed by atoms with Gasteiger partial charge in [-0.25, -0.2) is 0 Å². The Morgan fingerprint density at radius 2 is 1.95 bits per heavy atom. The molecule has 1 aromatic heterocycles. The van der Waals surface area contributed by atoms with Crippen LogP contribution in [0.3, 0.4) is 0 Å². The van der Waals surface area contributed by atoms with Crippen molar-refractivity contribution in [1.82, 2.24) is 14.8 Å². The predicted molar refractivity (Wildman–Crippen MR) is 81.2 cm³/mol. The van der Waals surface area contributed by atoms with E-state index in [9.17, 15) is 0 Å². The van der Waals surface area contributed by atoms with E-state index in [2.05, 4.69) is 26.9 Å². The van der Waals surface area contributed by atoms with Crippen LogP contribution in [0.2, 0.25) is 0 Å². The van der Waals surface area contributed by atoms with Gasteiger partial charge in [0.15, 0.2) is 5.82 Å². The molecule has 0 aliphatic carbocycles. The third-order valence-electron chi connectivity index (χ3n) is 3.96. The SMILES string of the molecule is NCc1nnc(CCC2CCCCO2)n1-c1ccccc1. The van der Waals surface area contributed by atoms with E-state index < -0.39 is 0 Å². The van der Waals surface area contributed by atoms with Gasteiger partial charge in [-0.1, -0.05) is 18.2 Å². The molecule has 1 unspecified atom stereocenters. The first kappa shape index (κ1) is 14.2. The van der Waals surface area contributed by atoms with Crippen molar-refractivity contribution >= 4 is 0 Å². The average molecular weight is 286 g/mol. The molecule has 21 heavy (non-hydrogen) atoms. The second-order valence-electron chi connectivity index (χ2n) is 5.43. The highest BCUT2D eigenvalue weighted by Crippen LogP contribution is 2.19. The van der Waals surface area contributed by atoms with Crippen molar-refractivity contribution in [3.05, 3.63) is 42.0 Å². The Labute approximate surface area is 125 Å². The molecule has 1 aliphatic heterocycles. The number of benzene rings is 1. The summed E-state index contributed by atoms with van der Waals surface area (Å²) >= 11 is 0. The van der Waals surface area contributed by atoms with Gasteiger partial charge in [-0.05, 0) is 37.8 Å². The molecule has 2 N–H and O–H groups in total. The molecule has 0 bridgehead atoms. The minimum Gasteiger partial charge on any atom is -0.378 e. The van der Waals surface area contributed by atoms with E-state index in [4.69, 9.17) is 10.5 Å². The Morgan fingerprint density at radius 1 is 1.14 bits per heavy atom. The summed E-state index contributed by atoms with van der Waals surface area (Å²) < 4.78 is 7.87. The van der Waals surface area contributed by atoms with Gasteiger partial charge in [0.05, 0.1) is 12.6 Å². The average Bonchev–Trinajstić information content (AvgIpc) is 2.97. The minimum atomic E-state index is 0.362. The highest BCUT2D eigenvalue weighted by atomic mass is 16.5. The molecule has 1 fully saturated rings. The van der Waals surface area contributed by atoms with Crippen molar-refractivity contribution in [1.29, 1.82) is 0 Å². The number of para-hydroxylation sites is 1. The standard InChI is InChI=1S/C16H22N4O/c17-12-16-19-18-15(10-9-14-8-4-5-11-21-14)20(16)13-6-2-1-3-7-13/h1-3,6-7,14H,4-5,8-12,17H2. The summed E-state index contributed by atoms with van der Waals surface area (Å²) in [5.41, 5.74) is 6.86. The van der Waals surface area contributed by atoms with Gasteiger partial charge in [-0.2, -0.15) is 0 Å². The maximum absolute atomic E-state index is 5.80. The van der Waals surface area contributed by atoms with Gasteiger partial charge >= 0.3 is 0 Å². The van der Waals surface area contributed by atoms with Crippen molar-refractivity contribution in [3.8, 4) is 5.69 Å². The molecule has 0 amide bonds. The maximum Gasteiger partial charge on any atom is 0.151 e. The van der Waals surface area contributed by atoms with Crippen LogP contribution in [0.1, 0.15) is 37.3 Å². The van der Waals surface area contributed by atoms with E-state index in [1.165, 1.54) is 12.8 Å². The number of nitrogens with zero attached hydrogens (tertiary/aromatic N) is 3. The molecule has 1 aliphatic rings. The number of aromatic nitrogens is 3. The predicted octanol–water partition coefficient (Wildman–Crippen LogP) is 2.23. The lowest BCUT2D eigenvalue weighted by Crippen LogP contribution is -2.20. The van der Waals surface area contributed by atoms with E-state index in [0.29, 0.717) is 12.6 Å². The molecule has 5 nitrogen and oxygen atoms in total. The first-order valence-corrected chi connectivity index (χ1v) is 7.68. The van der Waals surface area contributed by atoms with Crippen LogP contribution in [0, 0.1) is 0 Å². The van der Waals surface area contributed by atoms with Crippen molar-refractivity contribution in [2.75, 3.05) is 6.61 Å². The first-order valence-electron chi connectivity index (χ1n) is 7.68.